The van der Waals surface area contributed by atoms with Crippen LogP contribution in [0.15, 0.2) is 29.2 Å². The molecule has 32 heavy (non-hydrogen) atoms. The summed E-state index contributed by atoms with van der Waals surface area (Å²) in [4.78, 5) is 40.4. The second-order valence-corrected chi connectivity index (χ2v) is 8.95. The average Bonchev–Trinajstić information content (AvgIpc) is 3.05. The Morgan fingerprint density at radius 1 is 1.12 bits per heavy atom. The first-order valence-corrected chi connectivity index (χ1v) is 10.8. The minimum Gasteiger partial charge on any atom is -0.503 e. The van der Waals surface area contributed by atoms with Gasteiger partial charge in [0.2, 0.25) is 5.43 Å². The lowest BCUT2D eigenvalue weighted by Gasteiger charge is -2.39. The number of pyridine rings is 1. The van der Waals surface area contributed by atoms with Gasteiger partial charge in [-0.3, -0.25) is 14.4 Å². The summed E-state index contributed by atoms with van der Waals surface area (Å²) in [5.41, 5.74) is -1.30. The lowest BCUT2D eigenvalue weighted by atomic mass is 9.81. The Morgan fingerprint density at radius 3 is 2.59 bits per heavy atom. The molecule has 4 aliphatic rings. The molecule has 2 bridgehead atoms. The Morgan fingerprint density at radius 2 is 1.88 bits per heavy atom. The van der Waals surface area contributed by atoms with Crippen LogP contribution in [0, 0.1) is 23.5 Å². The number of rotatable bonds is 3. The molecule has 1 atom stereocenters. The van der Waals surface area contributed by atoms with Crippen LogP contribution in [-0.2, 0) is 13.1 Å². The van der Waals surface area contributed by atoms with Gasteiger partial charge >= 0.3 is 0 Å². The number of nitrogens with one attached hydrogen (secondary N) is 1. The van der Waals surface area contributed by atoms with E-state index in [1.165, 1.54) is 16.8 Å². The third kappa shape index (κ3) is 3.36. The number of amides is 2. The molecule has 7 nitrogen and oxygen atoms in total. The molecule has 0 spiro atoms. The van der Waals surface area contributed by atoms with Crippen LogP contribution in [0.1, 0.15) is 52.1 Å². The minimum atomic E-state index is -0.946. The summed E-state index contributed by atoms with van der Waals surface area (Å²) >= 11 is 0. The first-order chi connectivity index (χ1) is 15.3. The largest absolute Gasteiger partial charge is 0.503 e. The Bertz CT molecular complexity index is 1170. The van der Waals surface area contributed by atoms with Crippen LogP contribution < -0.4 is 10.7 Å². The molecule has 2 aromatic rings. The maximum absolute atomic E-state index is 13.8. The number of fused-ring (bicyclic) bond motifs is 3. The van der Waals surface area contributed by atoms with Gasteiger partial charge in [0.1, 0.15) is 17.2 Å². The van der Waals surface area contributed by atoms with Gasteiger partial charge in [-0.1, -0.05) is 6.07 Å². The molecular formula is C23H23F2N3O4. The highest BCUT2D eigenvalue weighted by molar-refractivity contribution is 5.99. The van der Waals surface area contributed by atoms with E-state index in [0.717, 1.165) is 31.7 Å². The fourth-order valence-corrected chi connectivity index (χ4v) is 5.36. The molecule has 3 aliphatic heterocycles. The van der Waals surface area contributed by atoms with Crippen molar-refractivity contribution in [1.29, 1.82) is 0 Å². The average molecular weight is 443 g/mol. The van der Waals surface area contributed by atoms with Gasteiger partial charge in [-0.25, -0.2) is 8.78 Å². The first-order valence-electron chi connectivity index (χ1n) is 10.8. The van der Waals surface area contributed by atoms with Crippen molar-refractivity contribution >= 4 is 11.8 Å². The molecule has 2 amide bonds. The number of hydrogen-bond donors (Lipinski definition) is 2. The topological polar surface area (TPSA) is 91.6 Å². The Labute approximate surface area is 182 Å². The van der Waals surface area contributed by atoms with Gasteiger partial charge < -0.3 is 19.9 Å². The van der Waals surface area contributed by atoms with Crippen LogP contribution in [0.4, 0.5) is 8.78 Å². The van der Waals surface area contributed by atoms with Gasteiger partial charge in [0.05, 0.1) is 6.04 Å². The van der Waals surface area contributed by atoms with Crippen molar-refractivity contribution in [3.8, 4) is 5.75 Å². The Kier molecular flexibility index (Phi) is 4.98. The zero-order valence-corrected chi connectivity index (χ0v) is 17.3. The van der Waals surface area contributed by atoms with E-state index in [1.54, 1.807) is 4.90 Å². The number of aromatic hydroxyl groups is 1. The van der Waals surface area contributed by atoms with E-state index in [2.05, 4.69) is 5.32 Å². The predicted octanol–water partition coefficient (Wildman–Crippen LogP) is 2.41. The van der Waals surface area contributed by atoms with E-state index in [-0.39, 0.29) is 35.3 Å². The number of hydrogen-bond acceptors (Lipinski definition) is 4. The second-order valence-electron chi connectivity index (χ2n) is 8.95. The number of carbonyl (C=O) groups excluding carboxylic acids is 2. The minimum absolute atomic E-state index is 0.0337. The summed E-state index contributed by atoms with van der Waals surface area (Å²) in [5.74, 6) is -2.68. The number of halogens is 2. The van der Waals surface area contributed by atoms with E-state index in [9.17, 15) is 28.3 Å². The quantitative estimate of drug-likeness (QED) is 0.762. The van der Waals surface area contributed by atoms with E-state index in [1.807, 2.05) is 0 Å². The molecule has 6 rings (SSSR count). The van der Waals surface area contributed by atoms with Crippen LogP contribution in [0.25, 0.3) is 0 Å². The van der Waals surface area contributed by atoms with Crippen molar-refractivity contribution in [3.63, 3.8) is 0 Å². The van der Waals surface area contributed by atoms with Crippen LogP contribution in [0.3, 0.4) is 0 Å². The molecule has 1 aliphatic carbocycles. The smallest absolute Gasteiger partial charge is 0.274 e. The molecule has 9 heteroatoms. The van der Waals surface area contributed by atoms with Gasteiger partial charge in [0, 0.05) is 37.5 Å². The van der Waals surface area contributed by atoms with Crippen LogP contribution >= 0.6 is 0 Å². The molecule has 0 radical (unpaired) electrons. The number of nitrogens with zero attached hydrogens (tertiary/aromatic N) is 2. The van der Waals surface area contributed by atoms with Crippen molar-refractivity contribution < 1.29 is 23.5 Å². The Balaban J connectivity index is 1.44. The zero-order valence-electron chi connectivity index (χ0n) is 17.3. The van der Waals surface area contributed by atoms with E-state index in [4.69, 9.17) is 0 Å². The number of aromatic nitrogens is 1. The number of carbonyl (C=O) groups is 2. The Hall–Kier alpha value is -3.23. The predicted molar refractivity (Wildman–Crippen MR) is 110 cm³/mol. The molecule has 4 heterocycles. The third-order valence-corrected chi connectivity index (χ3v) is 7.09. The third-order valence-electron chi connectivity index (χ3n) is 7.09. The second kappa shape index (κ2) is 7.72. The summed E-state index contributed by atoms with van der Waals surface area (Å²) in [7, 11) is 0. The van der Waals surface area contributed by atoms with Gasteiger partial charge in [-0.15, -0.1) is 0 Å². The SMILES string of the molecule is O=C(NCc1ccc(F)cc1F)c1cn2c(c(O)c1=O)C(=O)N1CC3CCC(CC3)[C@H]1C2. The molecule has 2 saturated heterocycles. The van der Waals surface area contributed by atoms with Crippen LogP contribution in [-0.4, -0.2) is 39.0 Å². The van der Waals surface area contributed by atoms with Crippen molar-refractivity contribution in [1.82, 2.24) is 14.8 Å². The van der Waals surface area contributed by atoms with Crippen molar-refractivity contribution in [3.05, 3.63) is 63.1 Å². The van der Waals surface area contributed by atoms with Crippen LogP contribution in [0.5, 0.6) is 5.75 Å². The first kappa shape index (κ1) is 20.7. The van der Waals surface area contributed by atoms with Crippen molar-refractivity contribution in [2.24, 2.45) is 11.8 Å². The van der Waals surface area contributed by atoms with Crippen molar-refractivity contribution in [2.75, 3.05) is 6.54 Å². The fraction of sp³-hybridized carbons (Fsp3) is 0.435. The van der Waals surface area contributed by atoms with Crippen molar-refractivity contribution in [2.45, 2.75) is 44.8 Å². The zero-order chi connectivity index (χ0) is 22.6. The summed E-state index contributed by atoms with van der Waals surface area (Å²) < 4.78 is 28.4. The highest BCUT2D eigenvalue weighted by Gasteiger charge is 2.44. The van der Waals surface area contributed by atoms with Gasteiger partial charge in [-0.2, -0.15) is 0 Å². The van der Waals surface area contributed by atoms with Gasteiger partial charge in [0.15, 0.2) is 11.4 Å². The maximum Gasteiger partial charge on any atom is 0.274 e. The summed E-state index contributed by atoms with van der Waals surface area (Å²) in [5, 5.41) is 13.0. The molecule has 1 aromatic carbocycles. The molecule has 3 fully saturated rings. The summed E-state index contributed by atoms with van der Waals surface area (Å²) in [6.45, 7) is 0.768. The standard InChI is InChI=1S/C23H23F2N3O4/c24-15-6-5-14(17(25)7-15)8-26-22(31)16-10-27-11-18-13-3-1-12(2-4-13)9-28(18)23(32)19(27)21(30)20(16)29/h5-7,10,12-13,18,30H,1-4,8-9,11H2,(H,26,31)/t12?,13?,18-/m1/s1. The van der Waals surface area contributed by atoms with E-state index >= 15 is 0 Å². The number of benzene rings is 1. The summed E-state index contributed by atoms with van der Waals surface area (Å²) in [6, 6.07) is 2.95. The van der Waals surface area contributed by atoms with Crippen LogP contribution in [0.2, 0.25) is 0 Å². The van der Waals surface area contributed by atoms with E-state index in [0.29, 0.717) is 31.0 Å². The molecular weight excluding hydrogens is 420 g/mol. The highest BCUT2D eigenvalue weighted by atomic mass is 19.1. The lowest BCUT2D eigenvalue weighted by Crippen LogP contribution is -2.51. The van der Waals surface area contributed by atoms with Gasteiger partial charge in [0.25, 0.3) is 11.8 Å². The van der Waals surface area contributed by atoms with Gasteiger partial charge in [-0.05, 0) is 43.6 Å². The highest BCUT2D eigenvalue weighted by Crippen LogP contribution is 2.41. The lowest BCUT2D eigenvalue weighted by molar-refractivity contribution is 0.0527. The monoisotopic (exact) mass is 443 g/mol. The molecule has 168 valence electrons. The maximum atomic E-state index is 13.8. The normalized spacial score (nSPS) is 24.0. The molecule has 0 unspecified atom stereocenters. The summed E-state index contributed by atoms with van der Waals surface area (Å²) in [6.07, 6.45) is 5.52. The van der Waals surface area contributed by atoms with E-state index < -0.39 is 28.7 Å². The molecule has 1 saturated carbocycles. The molecule has 1 aromatic heterocycles. The molecule has 2 N–H and O–H groups in total. The fourth-order valence-electron chi connectivity index (χ4n) is 5.36.